The summed E-state index contributed by atoms with van der Waals surface area (Å²) in [6, 6.07) is 7.59. The smallest absolute Gasteiger partial charge is 0.226 e. The van der Waals surface area contributed by atoms with Crippen molar-refractivity contribution in [1.82, 2.24) is 10.3 Å². The van der Waals surface area contributed by atoms with Gasteiger partial charge in [-0.05, 0) is 18.4 Å². The Bertz CT molecular complexity index is 664. The molecule has 1 atom stereocenters. The predicted molar refractivity (Wildman–Crippen MR) is 111 cm³/mol. The van der Waals surface area contributed by atoms with Gasteiger partial charge in [-0.15, -0.1) is 36.2 Å². The number of nitrogens with zero attached hydrogens (tertiary/aromatic N) is 1. The molecule has 140 valence electrons. The van der Waals surface area contributed by atoms with Gasteiger partial charge in [-0.3, -0.25) is 4.79 Å². The number of carbonyl (C=O) groups excluding carboxylic acids is 1. The number of carbonyl (C=O) groups is 1. The number of benzene rings is 1. The molecule has 2 aromatic rings. The largest absolute Gasteiger partial charge is 0.352 e. The van der Waals surface area contributed by atoms with E-state index >= 15 is 0 Å². The number of aromatic nitrogens is 1. The summed E-state index contributed by atoms with van der Waals surface area (Å²) in [4.78, 5) is 16.7. The topological polar surface area (TPSA) is 68.0 Å². The van der Waals surface area contributed by atoms with Gasteiger partial charge in [0.05, 0.1) is 17.1 Å². The third kappa shape index (κ3) is 7.50. The molecule has 1 aromatic heterocycles. The van der Waals surface area contributed by atoms with Crippen LogP contribution in [0.2, 0.25) is 5.02 Å². The lowest BCUT2D eigenvalue weighted by atomic mass is 10.0. The van der Waals surface area contributed by atoms with Gasteiger partial charge >= 0.3 is 0 Å². The molecule has 0 aliphatic rings. The number of nitrogens with one attached hydrogen (secondary N) is 1. The molecule has 1 heterocycles. The lowest BCUT2D eigenvalue weighted by molar-refractivity contribution is -0.121. The van der Waals surface area contributed by atoms with Crippen LogP contribution in [0.4, 0.5) is 0 Å². The fourth-order valence-electron chi connectivity index (χ4n) is 2.37. The minimum atomic E-state index is -0.0443. The lowest BCUT2D eigenvalue weighted by Crippen LogP contribution is -2.41. The third-order valence-electron chi connectivity index (χ3n) is 3.40. The number of halogens is 3. The highest BCUT2D eigenvalue weighted by Crippen LogP contribution is 2.30. The summed E-state index contributed by atoms with van der Waals surface area (Å²) in [7, 11) is 0. The average Bonchev–Trinajstić information content (AvgIpc) is 2.94. The minimum absolute atomic E-state index is 0. The fourth-order valence-corrected chi connectivity index (χ4v) is 3.51. The van der Waals surface area contributed by atoms with E-state index in [1.165, 1.54) is 11.3 Å². The van der Waals surface area contributed by atoms with Crippen LogP contribution in [0.3, 0.4) is 0 Å². The van der Waals surface area contributed by atoms with E-state index in [4.69, 9.17) is 17.3 Å². The van der Waals surface area contributed by atoms with Gasteiger partial charge < -0.3 is 11.1 Å². The molecule has 0 saturated heterocycles. The molecule has 0 bridgehead atoms. The highest BCUT2D eigenvalue weighted by atomic mass is 35.5. The minimum Gasteiger partial charge on any atom is -0.352 e. The zero-order chi connectivity index (χ0) is 16.8. The van der Waals surface area contributed by atoms with Crippen LogP contribution in [0, 0.1) is 5.92 Å². The Hall–Kier alpha value is -0.850. The monoisotopic (exact) mass is 423 g/mol. The molecule has 1 unspecified atom stereocenters. The summed E-state index contributed by atoms with van der Waals surface area (Å²) in [5.41, 5.74) is 7.36. The maximum atomic E-state index is 12.1. The van der Waals surface area contributed by atoms with Gasteiger partial charge in [0.2, 0.25) is 5.91 Å². The van der Waals surface area contributed by atoms with Gasteiger partial charge in [0.1, 0.15) is 5.01 Å². The van der Waals surface area contributed by atoms with Crippen LogP contribution in [-0.4, -0.2) is 23.5 Å². The molecule has 0 aliphatic heterocycles. The number of nitrogens with two attached hydrogens (primary N) is 1. The molecular formula is C17H24Cl3N3OS. The lowest BCUT2D eigenvalue weighted by Gasteiger charge is -2.18. The fraction of sp³-hybridized carbons (Fsp3) is 0.412. The van der Waals surface area contributed by atoms with Crippen molar-refractivity contribution >= 4 is 53.7 Å². The molecule has 8 heteroatoms. The van der Waals surface area contributed by atoms with E-state index in [0.29, 0.717) is 17.5 Å². The molecule has 0 aliphatic carbocycles. The first-order valence-corrected chi connectivity index (χ1v) is 8.94. The Labute approximate surface area is 170 Å². The Balaban J connectivity index is 0.00000288. The quantitative estimate of drug-likeness (QED) is 0.694. The maximum Gasteiger partial charge on any atom is 0.226 e. The van der Waals surface area contributed by atoms with E-state index in [1.54, 1.807) is 0 Å². The second-order valence-corrected chi connectivity index (χ2v) is 7.20. The predicted octanol–water partition coefficient (Wildman–Crippen LogP) is 4.34. The molecule has 1 aromatic carbocycles. The van der Waals surface area contributed by atoms with Crippen molar-refractivity contribution in [2.45, 2.75) is 32.7 Å². The highest BCUT2D eigenvalue weighted by molar-refractivity contribution is 7.13. The van der Waals surface area contributed by atoms with Crippen LogP contribution >= 0.6 is 47.8 Å². The highest BCUT2D eigenvalue weighted by Gasteiger charge is 2.15. The summed E-state index contributed by atoms with van der Waals surface area (Å²) < 4.78 is 0. The normalized spacial score (nSPS) is 11.4. The van der Waals surface area contributed by atoms with Crippen LogP contribution in [0.15, 0.2) is 29.6 Å². The number of thiazole rings is 1. The molecule has 0 radical (unpaired) electrons. The van der Waals surface area contributed by atoms with Crippen LogP contribution < -0.4 is 11.1 Å². The standard InChI is InChI=1S/C17H22ClN3OS.2ClH/c1-11(2)7-12(9-19)20-16(22)8-13-10-23-17(21-13)14-5-3-4-6-15(14)18;;/h3-6,10-12H,7-9,19H2,1-2H3,(H,20,22);2*1H. The van der Waals surface area contributed by atoms with Crippen molar-refractivity contribution in [1.29, 1.82) is 0 Å². The molecular weight excluding hydrogens is 401 g/mol. The zero-order valence-corrected chi connectivity index (χ0v) is 17.4. The van der Waals surface area contributed by atoms with Crippen molar-refractivity contribution in [2.24, 2.45) is 11.7 Å². The molecule has 1 amide bonds. The van der Waals surface area contributed by atoms with Crippen molar-refractivity contribution in [3.8, 4) is 10.6 Å². The van der Waals surface area contributed by atoms with Crippen LogP contribution in [0.1, 0.15) is 26.0 Å². The van der Waals surface area contributed by atoms with Gasteiger partial charge in [0.15, 0.2) is 0 Å². The molecule has 0 saturated carbocycles. The van der Waals surface area contributed by atoms with E-state index in [2.05, 4.69) is 24.1 Å². The van der Waals surface area contributed by atoms with Crippen LogP contribution in [0.5, 0.6) is 0 Å². The van der Waals surface area contributed by atoms with E-state index in [0.717, 1.165) is 22.7 Å². The van der Waals surface area contributed by atoms with Gasteiger partial charge in [0.25, 0.3) is 0 Å². The molecule has 2 rings (SSSR count). The summed E-state index contributed by atoms with van der Waals surface area (Å²) >= 11 is 7.68. The van der Waals surface area contributed by atoms with Crippen LogP contribution in [0.25, 0.3) is 10.6 Å². The van der Waals surface area contributed by atoms with Crippen LogP contribution in [-0.2, 0) is 11.2 Å². The number of hydrogen-bond donors (Lipinski definition) is 2. The first kappa shape index (κ1) is 24.2. The van der Waals surface area contributed by atoms with Gasteiger partial charge in [0, 0.05) is 23.5 Å². The first-order valence-electron chi connectivity index (χ1n) is 7.68. The van der Waals surface area contributed by atoms with Gasteiger partial charge in [-0.1, -0.05) is 43.6 Å². The molecule has 0 spiro atoms. The van der Waals surface area contributed by atoms with E-state index in [1.807, 2.05) is 29.6 Å². The molecule has 4 nitrogen and oxygen atoms in total. The second-order valence-electron chi connectivity index (χ2n) is 5.93. The van der Waals surface area contributed by atoms with E-state index in [-0.39, 0.29) is 43.2 Å². The van der Waals surface area contributed by atoms with Crippen molar-refractivity contribution < 1.29 is 4.79 Å². The summed E-state index contributed by atoms with van der Waals surface area (Å²) in [6.07, 6.45) is 1.14. The molecule has 0 fully saturated rings. The Morgan fingerprint density at radius 3 is 2.60 bits per heavy atom. The number of rotatable bonds is 7. The zero-order valence-electron chi connectivity index (χ0n) is 14.2. The van der Waals surface area contributed by atoms with Gasteiger partial charge in [-0.2, -0.15) is 0 Å². The van der Waals surface area contributed by atoms with E-state index < -0.39 is 0 Å². The number of amides is 1. The molecule has 25 heavy (non-hydrogen) atoms. The average molecular weight is 425 g/mol. The van der Waals surface area contributed by atoms with E-state index in [9.17, 15) is 4.79 Å². The third-order valence-corrected chi connectivity index (χ3v) is 4.66. The Morgan fingerprint density at radius 1 is 1.32 bits per heavy atom. The second kappa shape index (κ2) is 11.7. The summed E-state index contributed by atoms with van der Waals surface area (Å²) in [5.74, 6) is 0.451. The first-order chi connectivity index (χ1) is 11.0. The Kier molecular flexibility index (Phi) is 11.3. The van der Waals surface area contributed by atoms with Crippen molar-refractivity contribution in [3.63, 3.8) is 0 Å². The summed E-state index contributed by atoms with van der Waals surface area (Å²) in [5, 5.41) is 6.38. The van der Waals surface area contributed by atoms with Crippen molar-refractivity contribution in [3.05, 3.63) is 40.4 Å². The van der Waals surface area contributed by atoms with Crippen molar-refractivity contribution in [2.75, 3.05) is 6.54 Å². The Morgan fingerprint density at radius 2 is 2.00 bits per heavy atom. The SMILES string of the molecule is CC(C)CC(CN)NC(=O)Cc1csc(-c2ccccc2Cl)n1.Cl.Cl. The van der Waals surface area contributed by atoms with Gasteiger partial charge in [-0.25, -0.2) is 4.98 Å². The molecule has 3 N–H and O–H groups in total. The summed E-state index contributed by atoms with van der Waals surface area (Å²) in [6.45, 7) is 4.68. The number of hydrogen-bond acceptors (Lipinski definition) is 4. The maximum absolute atomic E-state index is 12.1.